The van der Waals surface area contributed by atoms with E-state index < -0.39 is 24.5 Å². The third kappa shape index (κ3) is 3.97. The molecule has 3 aliphatic rings. The van der Waals surface area contributed by atoms with E-state index in [1.165, 1.54) is 12.7 Å². The molecule has 0 radical (unpaired) electrons. The number of aromatic nitrogens is 4. The van der Waals surface area contributed by atoms with E-state index >= 15 is 0 Å². The Morgan fingerprint density at radius 1 is 1.22 bits per heavy atom. The molecule has 1 aliphatic carbocycles. The molecular formula is C21H26N6O5. The van der Waals surface area contributed by atoms with Gasteiger partial charge in [-0.05, 0) is 31.6 Å². The van der Waals surface area contributed by atoms with E-state index in [1.54, 1.807) is 9.47 Å². The number of anilines is 1. The Morgan fingerprint density at radius 3 is 2.69 bits per heavy atom. The molecule has 11 heteroatoms. The van der Waals surface area contributed by atoms with Crippen molar-refractivity contribution in [3.05, 3.63) is 12.7 Å². The number of aliphatic hydroxyl groups excluding tert-OH is 2. The fraction of sp³-hybridized carbons (Fsp3) is 0.619. The number of aliphatic hydroxyl groups is 2. The van der Waals surface area contributed by atoms with Crippen LogP contribution in [0.1, 0.15) is 31.9 Å². The van der Waals surface area contributed by atoms with Gasteiger partial charge in [0.1, 0.15) is 24.6 Å². The highest BCUT2D eigenvalue weighted by Gasteiger charge is 2.43. The lowest BCUT2D eigenvalue weighted by molar-refractivity contribution is -0.0230. The van der Waals surface area contributed by atoms with Gasteiger partial charge in [0.05, 0.1) is 12.9 Å². The lowest BCUT2D eigenvalue weighted by Gasteiger charge is -2.32. The van der Waals surface area contributed by atoms with Crippen molar-refractivity contribution in [3.63, 3.8) is 0 Å². The van der Waals surface area contributed by atoms with Crippen molar-refractivity contribution in [2.45, 2.75) is 56.3 Å². The van der Waals surface area contributed by atoms with Crippen molar-refractivity contribution in [1.29, 1.82) is 0 Å². The number of piperidine rings is 1. The molecule has 1 amide bonds. The maximum atomic E-state index is 12.2. The second kappa shape index (κ2) is 8.54. The lowest BCUT2D eigenvalue weighted by atomic mass is 10.1. The molecule has 1 saturated carbocycles. The average Bonchev–Trinajstić information content (AvgIpc) is 3.48. The van der Waals surface area contributed by atoms with E-state index in [9.17, 15) is 15.0 Å². The number of rotatable bonds is 5. The minimum absolute atomic E-state index is 0.117. The molecule has 3 N–H and O–H groups in total. The minimum atomic E-state index is -1.20. The second-order valence-electron chi connectivity index (χ2n) is 8.57. The number of nitrogens with one attached hydrogen (secondary N) is 1. The highest BCUT2D eigenvalue weighted by Crippen LogP contribution is 2.32. The predicted molar refractivity (Wildman–Crippen MR) is 112 cm³/mol. The molecule has 0 aromatic carbocycles. The first-order valence-corrected chi connectivity index (χ1v) is 10.9. The number of likely N-dealkylation sites (tertiary alicyclic amines) is 1. The highest BCUT2D eigenvalue weighted by atomic mass is 16.6. The molecule has 2 aliphatic heterocycles. The van der Waals surface area contributed by atoms with Crippen molar-refractivity contribution in [2.24, 2.45) is 5.92 Å². The summed E-state index contributed by atoms with van der Waals surface area (Å²) in [7, 11) is 0. The summed E-state index contributed by atoms with van der Waals surface area (Å²) in [5.74, 6) is 3.44. The number of hydrogen-bond donors (Lipinski definition) is 3. The quantitative estimate of drug-likeness (QED) is 0.566. The average molecular weight is 442 g/mol. The Balaban J connectivity index is 1.24. The summed E-state index contributed by atoms with van der Waals surface area (Å²) in [6, 6.07) is 0.117. The number of fused-ring (bicyclic) bond motifs is 1. The van der Waals surface area contributed by atoms with Gasteiger partial charge in [-0.15, -0.1) is 6.42 Å². The van der Waals surface area contributed by atoms with Crippen molar-refractivity contribution >= 4 is 23.1 Å². The molecule has 2 aromatic rings. The van der Waals surface area contributed by atoms with Gasteiger partial charge in [-0.1, -0.05) is 5.92 Å². The topological polar surface area (TPSA) is 135 Å². The van der Waals surface area contributed by atoms with Crippen LogP contribution < -0.4 is 5.32 Å². The van der Waals surface area contributed by atoms with Gasteiger partial charge in [0.25, 0.3) is 0 Å². The SMILES string of the molecule is C#C[C@H]1O[C@@H](n2cnc3c(NC4CCN(C(=O)OCC5CC5)CC4)ncnc32)[C@H](O)[C@@H]1O. The largest absolute Gasteiger partial charge is 0.449 e. The van der Waals surface area contributed by atoms with Gasteiger partial charge in [0, 0.05) is 19.1 Å². The van der Waals surface area contributed by atoms with E-state index in [0.29, 0.717) is 42.6 Å². The van der Waals surface area contributed by atoms with Gasteiger partial charge in [-0.3, -0.25) is 4.57 Å². The van der Waals surface area contributed by atoms with Crippen LogP contribution >= 0.6 is 0 Å². The molecule has 0 bridgehead atoms. The van der Waals surface area contributed by atoms with Crippen molar-refractivity contribution in [1.82, 2.24) is 24.4 Å². The first-order chi connectivity index (χ1) is 15.5. The zero-order valence-corrected chi connectivity index (χ0v) is 17.5. The Labute approximate surface area is 184 Å². The number of carbonyl (C=O) groups is 1. The number of ether oxygens (including phenoxy) is 2. The molecule has 11 nitrogen and oxygen atoms in total. The van der Waals surface area contributed by atoms with Crippen LogP contribution in [0, 0.1) is 18.3 Å². The number of hydrogen-bond acceptors (Lipinski definition) is 9. The summed E-state index contributed by atoms with van der Waals surface area (Å²) >= 11 is 0. The van der Waals surface area contributed by atoms with E-state index in [4.69, 9.17) is 15.9 Å². The number of terminal acetylenes is 1. The van der Waals surface area contributed by atoms with E-state index in [0.717, 1.165) is 25.7 Å². The van der Waals surface area contributed by atoms with Crippen LogP contribution in [0.25, 0.3) is 11.2 Å². The van der Waals surface area contributed by atoms with Crippen LogP contribution in [0.2, 0.25) is 0 Å². The van der Waals surface area contributed by atoms with Gasteiger partial charge in [-0.2, -0.15) is 0 Å². The highest BCUT2D eigenvalue weighted by molar-refractivity contribution is 5.82. The molecule has 32 heavy (non-hydrogen) atoms. The number of nitrogens with zero attached hydrogens (tertiary/aromatic N) is 5. The van der Waals surface area contributed by atoms with Crippen LogP contribution in [-0.4, -0.2) is 84.8 Å². The van der Waals surface area contributed by atoms with Crippen LogP contribution in [0.5, 0.6) is 0 Å². The third-order valence-electron chi connectivity index (χ3n) is 6.27. The zero-order valence-electron chi connectivity index (χ0n) is 17.5. The smallest absolute Gasteiger partial charge is 0.409 e. The molecule has 4 heterocycles. The number of carbonyl (C=O) groups excluding carboxylic acids is 1. The first kappa shape index (κ1) is 20.9. The molecule has 2 aromatic heterocycles. The maximum absolute atomic E-state index is 12.2. The first-order valence-electron chi connectivity index (χ1n) is 10.9. The fourth-order valence-electron chi connectivity index (χ4n) is 4.14. The molecule has 2 saturated heterocycles. The van der Waals surface area contributed by atoms with Gasteiger partial charge in [-0.25, -0.2) is 19.7 Å². The predicted octanol–water partition coefficient (Wildman–Crippen LogP) is 0.502. The second-order valence-corrected chi connectivity index (χ2v) is 8.57. The Kier molecular flexibility index (Phi) is 5.58. The zero-order chi connectivity index (χ0) is 22.2. The third-order valence-corrected chi connectivity index (χ3v) is 6.27. The standard InChI is InChI=1S/C21H26N6O5/c1-2-14-16(28)17(29)20(32-14)27-11-24-15-18(22-10-23-19(15)27)25-13-5-7-26(8-6-13)21(30)31-9-12-3-4-12/h1,10-14,16-17,20,28-29H,3-9H2,(H,22,23,25)/t14-,16-,17-,20-/m1/s1. The molecule has 3 fully saturated rings. The minimum Gasteiger partial charge on any atom is -0.449 e. The van der Waals surface area contributed by atoms with Gasteiger partial charge < -0.3 is 29.9 Å². The van der Waals surface area contributed by atoms with Crippen molar-refractivity contribution in [3.8, 4) is 12.3 Å². The lowest BCUT2D eigenvalue weighted by Crippen LogP contribution is -2.42. The number of amides is 1. The maximum Gasteiger partial charge on any atom is 0.409 e. The summed E-state index contributed by atoms with van der Waals surface area (Å²) in [6.07, 6.45) is 7.63. The van der Waals surface area contributed by atoms with Gasteiger partial charge in [0.15, 0.2) is 23.2 Å². The summed E-state index contributed by atoms with van der Waals surface area (Å²) in [4.78, 5) is 26.9. The Morgan fingerprint density at radius 2 is 2.00 bits per heavy atom. The molecule has 170 valence electrons. The monoisotopic (exact) mass is 442 g/mol. The van der Waals surface area contributed by atoms with Crippen molar-refractivity contribution < 1.29 is 24.5 Å². The van der Waals surface area contributed by atoms with Crippen molar-refractivity contribution in [2.75, 3.05) is 25.0 Å². The molecule has 4 atom stereocenters. The van der Waals surface area contributed by atoms with Crippen LogP contribution in [0.4, 0.5) is 10.6 Å². The normalized spacial score (nSPS) is 28.6. The molecular weight excluding hydrogens is 416 g/mol. The molecule has 0 spiro atoms. The summed E-state index contributed by atoms with van der Waals surface area (Å²) in [5, 5.41) is 23.8. The molecule has 0 unspecified atom stereocenters. The summed E-state index contributed by atoms with van der Waals surface area (Å²) in [5.41, 5.74) is 0.978. The van der Waals surface area contributed by atoms with Gasteiger partial charge in [0.2, 0.25) is 0 Å². The summed E-state index contributed by atoms with van der Waals surface area (Å²) < 4.78 is 12.5. The molecule has 5 rings (SSSR count). The Bertz CT molecular complexity index is 1030. The van der Waals surface area contributed by atoms with E-state index in [-0.39, 0.29) is 12.1 Å². The van der Waals surface area contributed by atoms with Crippen LogP contribution in [0.15, 0.2) is 12.7 Å². The van der Waals surface area contributed by atoms with Crippen LogP contribution in [0.3, 0.4) is 0 Å². The Hall–Kier alpha value is -2.94. The fourth-order valence-corrected chi connectivity index (χ4v) is 4.14. The number of imidazole rings is 1. The van der Waals surface area contributed by atoms with E-state index in [1.807, 2.05) is 0 Å². The van der Waals surface area contributed by atoms with Crippen LogP contribution in [-0.2, 0) is 9.47 Å². The summed E-state index contributed by atoms with van der Waals surface area (Å²) in [6.45, 7) is 1.74. The van der Waals surface area contributed by atoms with Gasteiger partial charge >= 0.3 is 6.09 Å². The van der Waals surface area contributed by atoms with E-state index in [2.05, 4.69) is 26.2 Å².